The highest BCUT2D eigenvalue weighted by Crippen LogP contribution is 2.25. The largest absolute Gasteiger partial charge is 0.481 e. The highest BCUT2D eigenvalue weighted by Gasteiger charge is 2.09. The summed E-state index contributed by atoms with van der Waals surface area (Å²) >= 11 is 0. The van der Waals surface area contributed by atoms with Gasteiger partial charge in [-0.2, -0.15) is 4.98 Å². The number of carbonyl (C=O) groups excluding carboxylic acids is 1. The number of nitrogens with one attached hydrogen (secondary N) is 2. The second-order valence-corrected chi connectivity index (χ2v) is 6.00. The number of hydrogen-bond acceptors (Lipinski definition) is 6. The van der Waals surface area contributed by atoms with Crippen molar-refractivity contribution in [2.45, 2.75) is 6.54 Å². The van der Waals surface area contributed by atoms with Crippen LogP contribution in [0.5, 0.6) is 11.8 Å². The van der Waals surface area contributed by atoms with Gasteiger partial charge < -0.3 is 25.8 Å². The fourth-order valence-corrected chi connectivity index (χ4v) is 2.60. The third kappa shape index (κ3) is 4.50. The topological polar surface area (TPSA) is 98.5 Å². The fraction of sp³-hybridized carbons (Fsp3) is 0.143. The van der Waals surface area contributed by atoms with E-state index < -0.39 is 0 Å². The smallest absolute Gasteiger partial charge is 0.255 e. The maximum Gasteiger partial charge on any atom is 0.255 e. The van der Waals surface area contributed by atoms with E-state index in [4.69, 9.17) is 15.2 Å². The number of ether oxygens (including phenoxy) is 2. The van der Waals surface area contributed by atoms with Gasteiger partial charge in [0.25, 0.3) is 5.91 Å². The van der Waals surface area contributed by atoms with Crippen molar-refractivity contribution >= 4 is 23.0 Å². The van der Waals surface area contributed by atoms with Gasteiger partial charge in [0.2, 0.25) is 11.8 Å². The number of para-hydroxylation sites is 2. The van der Waals surface area contributed by atoms with Crippen LogP contribution >= 0.6 is 0 Å². The average molecular weight is 378 g/mol. The Kier molecular flexibility index (Phi) is 5.96. The minimum atomic E-state index is -0.210. The highest BCUT2D eigenvalue weighted by molar-refractivity contribution is 6.05. The molecule has 0 aliphatic heterocycles. The lowest BCUT2D eigenvalue weighted by Gasteiger charge is -2.12. The second-order valence-electron chi connectivity index (χ2n) is 6.00. The number of methoxy groups -OCH3 is 2. The molecule has 1 aromatic heterocycles. The molecule has 1 amide bonds. The Hall–Kier alpha value is -3.74. The van der Waals surface area contributed by atoms with Gasteiger partial charge in [-0.15, -0.1) is 0 Å². The van der Waals surface area contributed by atoms with E-state index in [2.05, 4.69) is 15.6 Å². The van der Waals surface area contributed by atoms with E-state index in [9.17, 15) is 4.79 Å². The van der Waals surface area contributed by atoms with Gasteiger partial charge >= 0.3 is 0 Å². The Morgan fingerprint density at radius 3 is 2.39 bits per heavy atom. The molecule has 0 bridgehead atoms. The number of benzene rings is 2. The van der Waals surface area contributed by atoms with Crippen molar-refractivity contribution in [3.63, 3.8) is 0 Å². The molecule has 28 heavy (non-hydrogen) atoms. The summed E-state index contributed by atoms with van der Waals surface area (Å²) in [5.41, 5.74) is 9.30. The second kappa shape index (κ2) is 8.77. The van der Waals surface area contributed by atoms with Crippen molar-refractivity contribution in [3.8, 4) is 11.8 Å². The minimum Gasteiger partial charge on any atom is -0.481 e. The number of carbonyl (C=O) groups is 1. The summed E-state index contributed by atoms with van der Waals surface area (Å²) in [4.78, 5) is 16.6. The third-order valence-electron chi connectivity index (χ3n) is 4.15. The first-order valence-electron chi connectivity index (χ1n) is 8.68. The minimum absolute atomic E-state index is 0.210. The highest BCUT2D eigenvalue weighted by atomic mass is 16.5. The van der Waals surface area contributed by atoms with Gasteiger partial charge in [-0.3, -0.25) is 4.79 Å². The number of rotatable bonds is 7. The van der Waals surface area contributed by atoms with Crippen LogP contribution in [0.15, 0.2) is 60.7 Å². The molecule has 0 saturated carbocycles. The van der Waals surface area contributed by atoms with Gasteiger partial charge in [0.05, 0.1) is 31.3 Å². The Morgan fingerprint density at radius 2 is 1.71 bits per heavy atom. The summed E-state index contributed by atoms with van der Waals surface area (Å²) in [6.07, 6.45) is 0. The number of hydrogen-bond donors (Lipinski definition) is 3. The zero-order valence-electron chi connectivity index (χ0n) is 15.7. The number of aromatic nitrogens is 1. The van der Waals surface area contributed by atoms with E-state index in [1.807, 2.05) is 30.3 Å². The molecule has 0 aliphatic carbocycles. The molecule has 144 valence electrons. The number of nitrogens with zero attached hydrogens (tertiary/aromatic N) is 1. The summed E-state index contributed by atoms with van der Waals surface area (Å²) in [5, 5.41) is 6.08. The zero-order valence-corrected chi connectivity index (χ0v) is 15.7. The quantitative estimate of drug-likeness (QED) is 0.544. The first-order valence-corrected chi connectivity index (χ1v) is 8.68. The van der Waals surface area contributed by atoms with Crippen molar-refractivity contribution in [3.05, 3.63) is 71.8 Å². The molecule has 0 aliphatic rings. The van der Waals surface area contributed by atoms with E-state index in [0.29, 0.717) is 35.2 Å². The molecule has 0 atom stereocenters. The molecule has 4 N–H and O–H groups in total. The number of amides is 1. The number of pyridine rings is 1. The standard InChI is InChI=1S/C21H22N4O3/c1-27-19-12-11-18(21(25-19)28-2)23-13-14-7-9-15(10-8-14)20(26)24-17-6-4-3-5-16(17)22/h3-12,23H,13,22H2,1-2H3,(H,24,26). The van der Waals surface area contributed by atoms with Crippen LogP contribution in [0.4, 0.5) is 17.1 Å². The predicted octanol–water partition coefficient (Wildman–Crippen LogP) is 3.55. The van der Waals surface area contributed by atoms with E-state index in [0.717, 1.165) is 11.3 Å². The Morgan fingerprint density at radius 1 is 0.964 bits per heavy atom. The molecular formula is C21H22N4O3. The lowest BCUT2D eigenvalue weighted by Crippen LogP contribution is -2.13. The Balaban J connectivity index is 1.63. The molecule has 3 rings (SSSR count). The van der Waals surface area contributed by atoms with Crippen LogP contribution in [0.3, 0.4) is 0 Å². The zero-order chi connectivity index (χ0) is 19.9. The lowest BCUT2D eigenvalue weighted by atomic mass is 10.1. The number of nitrogen functional groups attached to an aromatic ring is 1. The van der Waals surface area contributed by atoms with Gasteiger partial charge in [-0.25, -0.2) is 0 Å². The normalized spacial score (nSPS) is 10.2. The van der Waals surface area contributed by atoms with Gasteiger partial charge in [0.15, 0.2) is 0 Å². The first-order chi connectivity index (χ1) is 13.6. The van der Waals surface area contributed by atoms with Crippen molar-refractivity contribution in [1.29, 1.82) is 0 Å². The third-order valence-corrected chi connectivity index (χ3v) is 4.15. The van der Waals surface area contributed by atoms with Crippen LogP contribution in [0.2, 0.25) is 0 Å². The molecular weight excluding hydrogens is 356 g/mol. The maximum atomic E-state index is 12.4. The lowest BCUT2D eigenvalue weighted by molar-refractivity contribution is 0.102. The Bertz CT molecular complexity index is 958. The summed E-state index contributed by atoms with van der Waals surface area (Å²) in [5.74, 6) is 0.728. The number of anilines is 3. The van der Waals surface area contributed by atoms with Crippen molar-refractivity contribution in [2.75, 3.05) is 30.6 Å². The van der Waals surface area contributed by atoms with Crippen LogP contribution in [-0.4, -0.2) is 25.1 Å². The van der Waals surface area contributed by atoms with E-state index in [1.54, 1.807) is 44.6 Å². The first kappa shape index (κ1) is 19.0. The molecule has 0 saturated heterocycles. The molecule has 0 unspecified atom stereocenters. The van der Waals surface area contributed by atoms with Gasteiger partial charge in [0.1, 0.15) is 0 Å². The number of nitrogens with two attached hydrogens (primary N) is 1. The van der Waals surface area contributed by atoms with Gasteiger partial charge in [0, 0.05) is 18.2 Å². The SMILES string of the molecule is COc1ccc(NCc2ccc(C(=O)Nc3ccccc3N)cc2)c(OC)n1. The van der Waals surface area contributed by atoms with Gasteiger partial charge in [-0.05, 0) is 35.9 Å². The molecule has 2 aromatic carbocycles. The van der Waals surface area contributed by atoms with E-state index >= 15 is 0 Å². The molecule has 3 aromatic rings. The monoisotopic (exact) mass is 378 g/mol. The summed E-state index contributed by atoms with van der Waals surface area (Å²) in [6.45, 7) is 0.553. The van der Waals surface area contributed by atoms with Crippen molar-refractivity contribution in [2.24, 2.45) is 0 Å². The Labute approximate surface area is 163 Å². The van der Waals surface area contributed by atoms with Crippen LogP contribution < -0.4 is 25.8 Å². The molecule has 1 heterocycles. The summed E-state index contributed by atoms with van der Waals surface area (Å²) in [6, 6.07) is 18.1. The molecule has 0 fully saturated rings. The van der Waals surface area contributed by atoms with Crippen molar-refractivity contribution < 1.29 is 14.3 Å². The summed E-state index contributed by atoms with van der Waals surface area (Å²) < 4.78 is 10.4. The van der Waals surface area contributed by atoms with E-state index in [1.165, 1.54) is 0 Å². The average Bonchev–Trinajstić information content (AvgIpc) is 2.74. The van der Waals surface area contributed by atoms with Crippen LogP contribution in [-0.2, 0) is 6.54 Å². The maximum absolute atomic E-state index is 12.4. The summed E-state index contributed by atoms with van der Waals surface area (Å²) in [7, 11) is 3.11. The fourth-order valence-electron chi connectivity index (χ4n) is 2.60. The van der Waals surface area contributed by atoms with Crippen LogP contribution in [0.25, 0.3) is 0 Å². The van der Waals surface area contributed by atoms with Crippen molar-refractivity contribution in [1.82, 2.24) is 4.98 Å². The van der Waals surface area contributed by atoms with Crippen LogP contribution in [0, 0.1) is 0 Å². The van der Waals surface area contributed by atoms with Gasteiger partial charge in [-0.1, -0.05) is 24.3 Å². The molecule has 7 nitrogen and oxygen atoms in total. The molecule has 0 radical (unpaired) electrons. The molecule has 7 heteroatoms. The predicted molar refractivity (Wildman–Crippen MR) is 110 cm³/mol. The van der Waals surface area contributed by atoms with Crippen LogP contribution in [0.1, 0.15) is 15.9 Å². The molecule has 0 spiro atoms. The van der Waals surface area contributed by atoms with E-state index in [-0.39, 0.29) is 5.91 Å².